The minimum atomic E-state index is 0.278. The highest BCUT2D eigenvalue weighted by Crippen LogP contribution is 2.16. The van der Waals surface area contributed by atoms with Gasteiger partial charge in [-0.05, 0) is 27.1 Å². The van der Waals surface area contributed by atoms with E-state index in [0.29, 0.717) is 5.82 Å². The Morgan fingerprint density at radius 3 is 2.50 bits per heavy atom. The van der Waals surface area contributed by atoms with Gasteiger partial charge in [0.1, 0.15) is 17.5 Å². The molecular weight excluding hydrogens is 228 g/mol. The largest absolute Gasteiger partial charge is 0.370 e. The van der Waals surface area contributed by atoms with Gasteiger partial charge in [0.15, 0.2) is 0 Å². The fourth-order valence-electron chi connectivity index (χ4n) is 1.50. The molecule has 0 atom stereocenters. The third kappa shape index (κ3) is 4.85. The van der Waals surface area contributed by atoms with Gasteiger partial charge in [-0.15, -0.1) is 0 Å². The second-order valence-corrected chi connectivity index (χ2v) is 4.88. The molecule has 0 bridgehead atoms. The molecule has 0 aliphatic carbocycles. The maximum atomic E-state index is 5.41. The maximum Gasteiger partial charge on any atom is 0.145 e. The standard InChI is InChI=1S/C12H24N6/c1-9(2)12-15-10(8-11(16-12)17-13)14-6-5-7-18(3)4/h8-9H,5-7,13H2,1-4H3,(H2,14,15,16,17). The molecule has 0 spiro atoms. The maximum absolute atomic E-state index is 5.41. The van der Waals surface area contributed by atoms with E-state index in [0.717, 1.165) is 31.2 Å². The van der Waals surface area contributed by atoms with Gasteiger partial charge in [-0.1, -0.05) is 13.8 Å². The fraction of sp³-hybridized carbons (Fsp3) is 0.667. The van der Waals surface area contributed by atoms with Crippen molar-refractivity contribution in [2.24, 2.45) is 5.84 Å². The molecule has 0 saturated carbocycles. The summed E-state index contributed by atoms with van der Waals surface area (Å²) in [6.07, 6.45) is 1.07. The molecule has 1 aromatic heterocycles. The summed E-state index contributed by atoms with van der Waals surface area (Å²) >= 11 is 0. The molecule has 0 radical (unpaired) electrons. The van der Waals surface area contributed by atoms with Crippen LogP contribution in [0.1, 0.15) is 32.0 Å². The number of anilines is 2. The smallest absolute Gasteiger partial charge is 0.145 e. The van der Waals surface area contributed by atoms with Gasteiger partial charge in [0.25, 0.3) is 0 Å². The lowest BCUT2D eigenvalue weighted by atomic mass is 10.2. The van der Waals surface area contributed by atoms with Crippen molar-refractivity contribution in [2.45, 2.75) is 26.2 Å². The van der Waals surface area contributed by atoms with E-state index in [4.69, 9.17) is 5.84 Å². The van der Waals surface area contributed by atoms with E-state index in [9.17, 15) is 0 Å². The molecule has 4 N–H and O–H groups in total. The molecule has 0 fully saturated rings. The first-order chi connectivity index (χ1) is 8.52. The van der Waals surface area contributed by atoms with Crippen molar-refractivity contribution < 1.29 is 0 Å². The summed E-state index contributed by atoms with van der Waals surface area (Å²) in [5, 5.41) is 3.30. The molecule has 0 amide bonds. The Bertz CT molecular complexity index is 364. The summed E-state index contributed by atoms with van der Waals surface area (Å²) in [7, 11) is 4.13. The van der Waals surface area contributed by atoms with Gasteiger partial charge in [0, 0.05) is 18.5 Å². The van der Waals surface area contributed by atoms with Crippen molar-refractivity contribution in [1.82, 2.24) is 14.9 Å². The van der Waals surface area contributed by atoms with E-state index in [1.54, 1.807) is 0 Å². The first-order valence-electron chi connectivity index (χ1n) is 6.27. The Kier molecular flexibility index (Phi) is 5.80. The zero-order chi connectivity index (χ0) is 13.5. The van der Waals surface area contributed by atoms with Gasteiger partial charge in [0.05, 0.1) is 0 Å². The predicted octanol–water partition coefficient (Wildman–Crippen LogP) is 1.25. The van der Waals surface area contributed by atoms with Crippen LogP contribution in [0.15, 0.2) is 6.07 Å². The molecular formula is C12H24N6. The van der Waals surface area contributed by atoms with Crippen molar-refractivity contribution >= 4 is 11.6 Å². The summed E-state index contributed by atoms with van der Waals surface area (Å²) in [6.45, 7) is 6.06. The van der Waals surface area contributed by atoms with Crippen LogP contribution in [0.3, 0.4) is 0 Å². The van der Waals surface area contributed by atoms with Gasteiger partial charge in [-0.25, -0.2) is 15.8 Å². The Morgan fingerprint density at radius 2 is 1.94 bits per heavy atom. The highest BCUT2D eigenvalue weighted by molar-refractivity contribution is 5.47. The SMILES string of the molecule is CC(C)c1nc(NN)cc(NCCCN(C)C)n1. The molecule has 102 valence electrons. The highest BCUT2D eigenvalue weighted by atomic mass is 15.3. The van der Waals surface area contributed by atoms with Crippen molar-refractivity contribution in [2.75, 3.05) is 37.9 Å². The van der Waals surface area contributed by atoms with Gasteiger partial charge in [0.2, 0.25) is 0 Å². The average Bonchev–Trinajstić information content (AvgIpc) is 2.34. The number of aromatic nitrogens is 2. The van der Waals surface area contributed by atoms with Crippen molar-refractivity contribution in [3.05, 3.63) is 11.9 Å². The zero-order valence-electron chi connectivity index (χ0n) is 11.7. The van der Waals surface area contributed by atoms with Crippen molar-refractivity contribution in [1.29, 1.82) is 0 Å². The molecule has 0 unspecified atom stereocenters. The summed E-state index contributed by atoms with van der Waals surface area (Å²) in [4.78, 5) is 10.9. The van der Waals surface area contributed by atoms with Crippen LogP contribution in [-0.4, -0.2) is 42.1 Å². The first-order valence-corrected chi connectivity index (χ1v) is 6.27. The normalized spacial score (nSPS) is 11.1. The lowest BCUT2D eigenvalue weighted by molar-refractivity contribution is 0.405. The van der Waals surface area contributed by atoms with Crippen LogP contribution in [0.25, 0.3) is 0 Å². The van der Waals surface area contributed by atoms with Crippen molar-refractivity contribution in [3.63, 3.8) is 0 Å². The second-order valence-electron chi connectivity index (χ2n) is 4.88. The number of nitrogens with two attached hydrogens (primary N) is 1. The van der Waals surface area contributed by atoms with Gasteiger partial charge in [-0.3, -0.25) is 0 Å². The Balaban J connectivity index is 2.61. The number of hydrazine groups is 1. The summed E-state index contributed by atoms with van der Waals surface area (Å²) in [6, 6.07) is 1.82. The fourth-order valence-corrected chi connectivity index (χ4v) is 1.50. The van der Waals surface area contributed by atoms with Crippen LogP contribution in [0.4, 0.5) is 11.6 Å². The summed E-state index contributed by atoms with van der Waals surface area (Å²) in [5.41, 5.74) is 2.57. The third-order valence-electron chi connectivity index (χ3n) is 2.50. The molecule has 18 heavy (non-hydrogen) atoms. The van der Waals surface area contributed by atoms with Gasteiger partial charge < -0.3 is 15.6 Å². The number of nitrogens with one attached hydrogen (secondary N) is 2. The summed E-state index contributed by atoms with van der Waals surface area (Å²) < 4.78 is 0. The molecule has 1 aromatic rings. The van der Waals surface area contributed by atoms with E-state index < -0.39 is 0 Å². The molecule has 6 nitrogen and oxygen atoms in total. The van der Waals surface area contributed by atoms with Crippen LogP contribution < -0.4 is 16.6 Å². The number of rotatable bonds is 7. The van der Waals surface area contributed by atoms with E-state index in [1.165, 1.54) is 0 Å². The van der Waals surface area contributed by atoms with E-state index in [1.807, 2.05) is 6.07 Å². The number of nitrogens with zero attached hydrogens (tertiary/aromatic N) is 3. The lowest BCUT2D eigenvalue weighted by Gasteiger charge is -2.12. The second kappa shape index (κ2) is 7.13. The van der Waals surface area contributed by atoms with Crippen LogP contribution in [0, 0.1) is 0 Å². The Hall–Kier alpha value is -1.40. The molecule has 1 rings (SSSR count). The van der Waals surface area contributed by atoms with E-state index in [2.05, 4.69) is 53.6 Å². The molecule has 0 aliphatic heterocycles. The average molecular weight is 252 g/mol. The quantitative estimate of drug-likeness (QED) is 0.385. The lowest BCUT2D eigenvalue weighted by Crippen LogP contribution is -2.17. The van der Waals surface area contributed by atoms with Gasteiger partial charge >= 0.3 is 0 Å². The Morgan fingerprint density at radius 1 is 1.28 bits per heavy atom. The minimum Gasteiger partial charge on any atom is -0.370 e. The number of hydrogen-bond donors (Lipinski definition) is 3. The summed E-state index contributed by atoms with van der Waals surface area (Å²) in [5.74, 6) is 7.94. The molecule has 0 saturated heterocycles. The van der Waals surface area contributed by atoms with Crippen LogP contribution >= 0.6 is 0 Å². The molecule has 6 heteroatoms. The third-order valence-corrected chi connectivity index (χ3v) is 2.50. The zero-order valence-corrected chi connectivity index (χ0v) is 11.7. The minimum absolute atomic E-state index is 0.278. The van der Waals surface area contributed by atoms with Crippen LogP contribution in [0.5, 0.6) is 0 Å². The topological polar surface area (TPSA) is 79.1 Å². The van der Waals surface area contributed by atoms with Gasteiger partial charge in [-0.2, -0.15) is 0 Å². The highest BCUT2D eigenvalue weighted by Gasteiger charge is 2.07. The first kappa shape index (κ1) is 14.7. The number of nitrogen functional groups attached to an aromatic ring is 1. The monoisotopic (exact) mass is 252 g/mol. The van der Waals surface area contributed by atoms with E-state index in [-0.39, 0.29) is 5.92 Å². The van der Waals surface area contributed by atoms with Crippen LogP contribution in [-0.2, 0) is 0 Å². The van der Waals surface area contributed by atoms with Crippen LogP contribution in [0.2, 0.25) is 0 Å². The van der Waals surface area contributed by atoms with Crippen molar-refractivity contribution in [3.8, 4) is 0 Å². The van der Waals surface area contributed by atoms with E-state index >= 15 is 0 Å². The Labute approximate surface area is 109 Å². The predicted molar refractivity (Wildman–Crippen MR) is 75.6 cm³/mol. The molecule has 1 heterocycles. The number of hydrogen-bond acceptors (Lipinski definition) is 6. The molecule has 0 aliphatic rings. The molecule has 0 aromatic carbocycles.